The van der Waals surface area contributed by atoms with E-state index >= 15 is 0 Å². The minimum atomic E-state index is 0.237. The Kier molecular flexibility index (Phi) is 13.9. The van der Waals surface area contributed by atoms with Gasteiger partial charge in [0.1, 0.15) is 0 Å². The van der Waals surface area contributed by atoms with Crippen molar-refractivity contribution >= 4 is 0 Å². The van der Waals surface area contributed by atoms with Crippen LogP contribution in [0.4, 0.5) is 0 Å². The third-order valence-electron chi connectivity index (χ3n) is 11.2. The molecule has 0 amide bonds. The largest absolute Gasteiger partial charge is 0.307 e. The van der Waals surface area contributed by atoms with Gasteiger partial charge in [0.05, 0.1) is 0 Å². The molecule has 5 heteroatoms. The zero-order chi connectivity index (χ0) is 33.8. The zero-order valence-corrected chi connectivity index (χ0v) is 33.0. The van der Waals surface area contributed by atoms with Crippen LogP contribution in [0.3, 0.4) is 0 Å². The molecule has 3 rings (SSSR count). The summed E-state index contributed by atoms with van der Waals surface area (Å²) in [7, 11) is 4.61. The lowest BCUT2D eigenvalue weighted by molar-refractivity contribution is -0.0255. The first kappa shape index (κ1) is 40.0. The first-order valence-electron chi connectivity index (χ1n) is 18.7. The lowest BCUT2D eigenvalue weighted by Gasteiger charge is -2.53. The summed E-state index contributed by atoms with van der Waals surface area (Å²) >= 11 is 0. The standard InChI is InChI=1S/C28H58N4.C11H23N/c1-11-16-32(24-21-27(6,7)30-28(8,9)22-24)18-15-13-12-14-17-31(10)23-19-25(2,3)29-26(4,5)20-23;1-9-7-10(2,3)12(6)11(4,5)8-9/h23-24,29-30H,11-22H2,1-10H3;9H,7-8H2,1-6H3. The van der Waals surface area contributed by atoms with Crippen LogP contribution in [0.1, 0.15) is 168 Å². The third-order valence-corrected chi connectivity index (χ3v) is 11.2. The monoisotopic (exact) mass is 620 g/mol. The summed E-state index contributed by atoms with van der Waals surface area (Å²) in [5, 5.41) is 7.68. The normalized spacial score (nSPS) is 26.9. The summed E-state index contributed by atoms with van der Waals surface area (Å²) in [6.45, 7) is 36.9. The van der Waals surface area contributed by atoms with Gasteiger partial charge in [-0.15, -0.1) is 0 Å². The summed E-state index contributed by atoms with van der Waals surface area (Å²) in [6.07, 6.45) is 14.4. The Bertz CT molecular complexity index is 807. The fourth-order valence-electron chi connectivity index (χ4n) is 9.95. The SMILES string of the molecule is CC1CC(C)(C)N(C)C(C)(C)C1.CCCN(CCCCCCN(C)C1CC(C)(C)NC(C)(C)C1)C1CC(C)(C)NC(C)(C)C1. The minimum Gasteiger partial charge on any atom is -0.307 e. The van der Waals surface area contributed by atoms with Crippen molar-refractivity contribution in [2.45, 2.75) is 213 Å². The Morgan fingerprint density at radius 3 is 1.36 bits per heavy atom. The van der Waals surface area contributed by atoms with Gasteiger partial charge in [0.2, 0.25) is 0 Å². The first-order valence-corrected chi connectivity index (χ1v) is 18.7. The molecule has 3 heterocycles. The van der Waals surface area contributed by atoms with Crippen LogP contribution >= 0.6 is 0 Å². The second-order valence-electron chi connectivity index (χ2n) is 19.5. The molecule has 5 nitrogen and oxygen atoms in total. The molecule has 3 aliphatic rings. The van der Waals surface area contributed by atoms with Crippen LogP contribution in [0.2, 0.25) is 0 Å². The lowest BCUT2D eigenvalue weighted by atomic mass is 9.75. The highest BCUT2D eigenvalue weighted by Gasteiger charge is 2.42. The number of nitrogens with one attached hydrogen (secondary N) is 2. The molecule has 3 saturated heterocycles. The van der Waals surface area contributed by atoms with Crippen molar-refractivity contribution in [3.8, 4) is 0 Å². The van der Waals surface area contributed by atoms with Crippen LogP contribution in [0, 0.1) is 5.92 Å². The fourth-order valence-corrected chi connectivity index (χ4v) is 9.95. The number of piperidine rings is 3. The van der Waals surface area contributed by atoms with Gasteiger partial charge in [-0.3, -0.25) is 4.90 Å². The van der Waals surface area contributed by atoms with Crippen molar-refractivity contribution in [3.63, 3.8) is 0 Å². The van der Waals surface area contributed by atoms with Gasteiger partial charge in [0.25, 0.3) is 0 Å². The van der Waals surface area contributed by atoms with Gasteiger partial charge in [0, 0.05) is 45.3 Å². The average molecular weight is 620 g/mol. The van der Waals surface area contributed by atoms with E-state index in [-0.39, 0.29) is 22.2 Å². The summed E-state index contributed by atoms with van der Waals surface area (Å²) < 4.78 is 0. The molecule has 0 aromatic carbocycles. The molecular formula is C39H81N5. The van der Waals surface area contributed by atoms with E-state index in [1.165, 1.54) is 90.3 Å². The van der Waals surface area contributed by atoms with Gasteiger partial charge in [-0.05, 0) is 181 Å². The molecule has 44 heavy (non-hydrogen) atoms. The highest BCUT2D eigenvalue weighted by Crippen LogP contribution is 2.39. The highest BCUT2D eigenvalue weighted by molar-refractivity contribution is 5.01. The van der Waals surface area contributed by atoms with Gasteiger partial charge in [0.15, 0.2) is 0 Å². The molecule has 0 unspecified atom stereocenters. The Morgan fingerprint density at radius 1 is 0.568 bits per heavy atom. The number of likely N-dealkylation sites (tertiary alicyclic amines) is 1. The number of hydrogen-bond donors (Lipinski definition) is 2. The second kappa shape index (κ2) is 15.3. The van der Waals surface area contributed by atoms with Crippen LogP contribution in [0.25, 0.3) is 0 Å². The van der Waals surface area contributed by atoms with Crippen LogP contribution in [0.5, 0.6) is 0 Å². The van der Waals surface area contributed by atoms with E-state index in [2.05, 4.69) is 136 Å². The number of rotatable bonds is 11. The maximum Gasteiger partial charge on any atom is 0.0158 e. The Morgan fingerprint density at radius 2 is 0.955 bits per heavy atom. The molecule has 262 valence electrons. The molecule has 0 atom stereocenters. The van der Waals surface area contributed by atoms with Crippen molar-refractivity contribution in [1.29, 1.82) is 0 Å². The molecule has 2 N–H and O–H groups in total. The molecule has 0 spiro atoms. The number of hydrogen-bond acceptors (Lipinski definition) is 5. The summed E-state index contributed by atoms with van der Waals surface area (Å²) in [5.74, 6) is 0.867. The molecule has 0 aromatic rings. The van der Waals surface area contributed by atoms with Gasteiger partial charge in [-0.2, -0.15) is 0 Å². The van der Waals surface area contributed by atoms with Gasteiger partial charge in [-0.25, -0.2) is 0 Å². The first-order chi connectivity index (χ1) is 19.9. The quantitative estimate of drug-likeness (QED) is 0.226. The molecule has 0 radical (unpaired) electrons. The molecular weight excluding hydrogens is 538 g/mol. The molecule has 3 aliphatic heterocycles. The van der Waals surface area contributed by atoms with Gasteiger partial charge < -0.3 is 20.4 Å². The smallest absolute Gasteiger partial charge is 0.0158 e. The number of nitrogens with zero attached hydrogens (tertiary/aromatic N) is 3. The topological polar surface area (TPSA) is 33.8 Å². The Labute approximate surface area is 277 Å². The van der Waals surface area contributed by atoms with E-state index in [9.17, 15) is 0 Å². The van der Waals surface area contributed by atoms with Crippen molar-refractivity contribution in [1.82, 2.24) is 25.3 Å². The maximum atomic E-state index is 3.86. The maximum absolute atomic E-state index is 3.86. The van der Waals surface area contributed by atoms with E-state index in [1.807, 2.05) is 0 Å². The van der Waals surface area contributed by atoms with E-state index in [1.54, 1.807) is 0 Å². The Hall–Kier alpha value is -0.200. The van der Waals surface area contributed by atoms with Gasteiger partial charge >= 0.3 is 0 Å². The molecule has 0 aliphatic carbocycles. The molecule has 0 bridgehead atoms. The Balaban J connectivity index is 0.000000469. The summed E-state index contributed by atoms with van der Waals surface area (Å²) in [5.41, 5.74) is 1.70. The van der Waals surface area contributed by atoms with E-state index in [0.29, 0.717) is 17.1 Å². The fraction of sp³-hybridized carbons (Fsp3) is 1.00. The predicted molar refractivity (Wildman–Crippen MR) is 196 cm³/mol. The van der Waals surface area contributed by atoms with Crippen LogP contribution < -0.4 is 10.6 Å². The van der Waals surface area contributed by atoms with E-state index in [4.69, 9.17) is 0 Å². The summed E-state index contributed by atoms with van der Waals surface area (Å²) in [4.78, 5) is 7.99. The van der Waals surface area contributed by atoms with Crippen molar-refractivity contribution < 1.29 is 0 Å². The van der Waals surface area contributed by atoms with Crippen LogP contribution in [-0.4, -0.2) is 93.7 Å². The lowest BCUT2D eigenvalue weighted by Crippen LogP contribution is -2.62. The molecule has 3 fully saturated rings. The molecule has 0 aromatic heterocycles. The van der Waals surface area contributed by atoms with Crippen molar-refractivity contribution in [3.05, 3.63) is 0 Å². The van der Waals surface area contributed by atoms with Crippen LogP contribution in [-0.2, 0) is 0 Å². The third kappa shape index (κ3) is 12.8. The second-order valence-corrected chi connectivity index (χ2v) is 19.5. The number of unbranched alkanes of at least 4 members (excludes halogenated alkanes) is 3. The van der Waals surface area contributed by atoms with E-state index < -0.39 is 0 Å². The molecule has 0 saturated carbocycles. The highest BCUT2D eigenvalue weighted by atomic mass is 15.2. The van der Waals surface area contributed by atoms with E-state index in [0.717, 1.165) is 12.0 Å². The van der Waals surface area contributed by atoms with Crippen molar-refractivity contribution in [2.24, 2.45) is 5.92 Å². The zero-order valence-electron chi connectivity index (χ0n) is 33.0. The average Bonchev–Trinajstić information content (AvgIpc) is 2.79. The van der Waals surface area contributed by atoms with Crippen molar-refractivity contribution in [2.75, 3.05) is 33.7 Å². The van der Waals surface area contributed by atoms with Gasteiger partial charge in [-0.1, -0.05) is 26.7 Å². The summed E-state index contributed by atoms with van der Waals surface area (Å²) in [6, 6.07) is 1.42. The predicted octanol–water partition coefficient (Wildman–Crippen LogP) is 8.71. The van der Waals surface area contributed by atoms with Crippen LogP contribution in [0.15, 0.2) is 0 Å². The minimum absolute atomic E-state index is 0.237.